The second-order valence-electron chi connectivity index (χ2n) is 23.4. The maximum absolute atomic E-state index is 2.63. The fourth-order valence-electron chi connectivity index (χ4n) is 13.8. The van der Waals surface area contributed by atoms with E-state index in [0.29, 0.717) is 6.04 Å². The van der Waals surface area contributed by atoms with Crippen molar-refractivity contribution in [1.29, 1.82) is 0 Å². The largest absolute Gasteiger partial charge is 0.213 e. The third kappa shape index (κ3) is 11.1. The molecule has 13 rings (SSSR count). The van der Waals surface area contributed by atoms with E-state index in [0.717, 1.165) is 48.9 Å². The summed E-state index contributed by atoms with van der Waals surface area (Å²) in [5.41, 5.74) is 28.3. The van der Waals surface area contributed by atoms with E-state index in [-0.39, 0.29) is 5.41 Å². The van der Waals surface area contributed by atoms with Crippen LogP contribution in [0.5, 0.6) is 0 Å². The Hall–Kier alpha value is -9.50. The van der Waals surface area contributed by atoms with Crippen LogP contribution in [0.3, 0.4) is 0 Å². The summed E-state index contributed by atoms with van der Waals surface area (Å²) in [5, 5.41) is 0. The van der Waals surface area contributed by atoms with Gasteiger partial charge in [0.1, 0.15) is 6.54 Å². The average Bonchev–Trinajstić information content (AvgIpc) is 1.40. The fraction of sp³-hybridized carbons (Fsp3) is 0.157. The van der Waals surface area contributed by atoms with Gasteiger partial charge in [-0.3, -0.25) is 0 Å². The van der Waals surface area contributed by atoms with E-state index in [1.165, 1.54) is 124 Å². The number of pyridine rings is 2. The molecule has 1 aliphatic heterocycles. The minimum absolute atomic E-state index is 0.0354. The van der Waals surface area contributed by atoms with Crippen molar-refractivity contribution >= 4 is 0 Å². The SMILES string of the molecule is CCCCc1cc[n+]2c(c1)-c1ccccc1C(CC)(CC[n+]1ccccc1-c1cc(-c3cccc(-c4cc(-c5cc(-c6ccccc6)cc(-c6ccccc6)c5)cc(-c5cc(-c6ccccc6)cc(-c6ccccc6)c5)c4)c3)ccc1C)C2CC. The second-order valence-corrected chi connectivity index (χ2v) is 23.4. The molecule has 85 heavy (non-hydrogen) atoms. The number of unbranched alkanes of at least 4 members (excludes halogenated alkanes) is 1. The Morgan fingerprint density at radius 1 is 0.353 bits per heavy atom. The predicted molar refractivity (Wildman–Crippen MR) is 357 cm³/mol. The van der Waals surface area contributed by atoms with Crippen LogP contribution in [0.15, 0.2) is 285 Å². The molecule has 10 aromatic carbocycles. The smallest absolute Gasteiger partial charge is 0.198 e. The highest BCUT2D eigenvalue weighted by Gasteiger charge is 2.50. The van der Waals surface area contributed by atoms with E-state index in [1.807, 2.05) is 0 Å². The third-order valence-electron chi connectivity index (χ3n) is 18.3. The highest BCUT2D eigenvalue weighted by molar-refractivity contribution is 5.89. The van der Waals surface area contributed by atoms with Gasteiger partial charge in [0.25, 0.3) is 0 Å². The first-order valence-corrected chi connectivity index (χ1v) is 30.9. The van der Waals surface area contributed by atoms with Crippen LogP contribution in [-0.4, -0.2) is 0 Å². The van der Waals surface area contributed by atoms with Crippen molar-refractivity contribution in [3.8, 4) is 112 Å². The molecule has 0 amide bonds. The van der Waals surface area contributed by atoms with Crippen LogP contribution < -0.4 is 9.13 Å². The van der Waals surface area contributed by atoms with Crippen molar-refractivity contribution in [2.75, 3.05) is 0 Å². The van der Waals surface area contributed by atoms with Gasteiger partial charge in [-0.2, -0.15) is 9.13 Å². The van der Waals surface area contributed by atoms with Gasteiger partial charge in [-0.25, -0.2) is 0 Å². The minimum atomic E-state index is -0.0354. The molecule has 0 radical (unpaired) electrons. The number of hydrogen-bond donors (Lipinski definition) is 0. The number of benzene rings is 10. The molecule has 0 saturated carbocycles. The molecule has 1 aliphatic rings. The van der Waals surface area contributed by atoms with Crippen molar-refractivity contribution < 1.29 is 9.13 Å². The second kappa shape index (κ2) is 24.4. The maximum atomic E-state index is 2.63. The zero-order chi connectivity index (χ0) is 57.7. The van der Waals surface area contributed by atoms with Gasteiger partial charge in [0.15, 0.2) is 18.4 Å². The van der Waals surface area contributed by atoms with E-state index in [1.54, 1.807) is 0 Å². The lowest BCUT2D eigenvalue weighted by molar-refractivity contribution is -0.730. The first-order valence-electron chi connectivity index (χ1n) is 30.9. The first-order chi connectivity index (χ1) is 41.9. The molecular weight excluding hydrogens is 1020 g/mol. The van der Waals surface area contributed by atoms with Crippen LogP contribution in [0, 0.1) is 6.92 Å². The van der Waals surface area contributed by atoms with Gasteiger partial charge in [0.05, 0.1) is 11.0 Å². The normalized spacial score (nSPS) is 14.4. The molecule has 12 aromatic rings. The van der Waals surface area contributed by atoms with Crippen LogP contribution in [0.4, 0.5) is 0 Å². The van der Waals surface area contributed by atoms with Crippen molar-refractivity contribution in [1.82, 2.24) is 0 Å². The summed E-state index contributed by atoms with van der Waals surface area (Å²) in [4.78, 5) is 0. The maximum Gasteiger partial charge on any atom is 0.213 e. The summed E-state index contributed by atoms with van der Waals surface area (Å²) >= 11 is 0. The molecule has 2 aromatic heterocycles. The van der Waals surface area contributed by atoms with Crippen molar-refractivity contribution in [2.45, 2.75) is 84.2 Å². The first kappa shape index (κ1) is 54.7. The van der Waals surface area contributed by atoms with Crippen molar-refractivity contribution in [3.05, 3.63) is 302 Å². The number of aryl methyl sites for hydroxylation is 3. The molecule has 0 N–H and O–H groups in total. The Kier molecular flexibility index (Phi) is 15.7. The molecular formula is C83H74N2+2. The summed E-state index contributed by atoms with van der Waals surface area (Å²) in [6.07, 6.45) is 11.4. The van der Waals surface area contributed by atoms with Gasteiger partial charge in [0.2, 0.25) is 11.4 Å². The number of nitrogens with zero attached hydrogens (tertiary/aromatic N) is 2. The van der Waals surface area contributed by atoms with Crippen LogP contribution in [-0.2, 0) is 18.4 Å². The van der Waals surface area contributed by atoms with E-state index in [9.17, 15) is 0 Å². The molecule has 0 fully saturated rings. The molecule has 2 unspecified atom stereocenters. The Balaban J connectivity index is 0.902. The lowest BCUT2D eigenvalue weighted by Crippen LogP contribution is -2.56. The van der Waals surface area contributed by atoms with E-state index in [2.05, 4.69) is 322 Å². The Labute approximate surface area is 504 Å². The van der Waals surface area contributed by atoms with E-state index >= 15 is 0 Å². The summed E-state index contributed by atoms with van der Waals surface area (Å²) < 4.78 is 5.16. The summed E-state index contributed by atoms with van der Waals surface area (Å²) in [5.74, 6) is 0. The molecule has 2 heteroatoms. The topological polar surface area (TPSA) is 7.76 Å². The van der Waals surface area contributed by atoms with Gasteiger partial charge in [0, 0.05) is 42.7 Å². The summed E-state index contributed by atoms with van der Waals surface area (Å²) in [6.45, 7) is 10.3. The summed E-state index contributed by atoms with van der Waals surface area (Å²) in [6, 6.07) is 102. The molecule has 0 spiro atoms. The van der Waals surface area contributed by atoms with Gasteiger partial charge in [-0.15, -0.1) is 0 Å². The molecule has 2 nitrogen and oxygen atoms in total. The van der Waals surface area contributed by atoms with Crippen LogP contribution in [0.2, 0.25) is 0 Å². The van der Waals surface area contributed by atoms with Gasteiger partial charge >= 0.3 is 0 Å². The molecule has 0 bridgehead atoms. The van der Waals surface area contributed by atoms with E-state index < -0.39 is 0 Å². The van der Waals surface area contributed by atoms with Gasteiger partial charge in [-0.05, 0) is 211 Å². The average molecular weight is 1100 g/mol. The number of fused-ring (bicyclic) bond motifs is 3. The molecule has 414 valence electrons. The van der Waals surface area contributed by atoms with Crippen molar-refractivity contribution in [2.24, 2.45) is 0 Å². The van der Waals surface area contributed by atoms with Crippen LogP contribution >= 0.6 is 0 Å². The van der Waals surface area contributed by atoms with Gasteiger partial charge < -0.3 is 0 Å². The number of aromatic nitrogens is 2. The third-order valence-corrected chi connectivity index (χ3v) is 18.3. The van der Waals surface area contributed by atoms with E-state index in [4.69, 9.17) is 0 Å². The number of hydrogen-bond acceptors (Lipinski definition) is 0. The zero-order valence-corrected chi connectivity index (χ0v) is 49.6. The van der Waals surface area contributed by atoms with Crippen molar-refractivity contribution in [3.63, 3.8) is 0 Å². The van der Waals surface area contributed by atoms with Crippen LogP contribution in [0.25, 0.3) is 112 Å². The lowest BCUT2D eigenvalue weighted by atomic mass is 9.65. The fourth-order valence-corrected chi connectivity index (χ4v) is 13.8. The predicted octanol–water partition coefficient (Wildman–Crippen LogP) is 21.3. The van der Waals surface area contributed by atoms with Gasteiger partial charge in [-0.1, -0.05) is 197 Å². The molecule has 2 atom stereocenters. The minimum Gasteiger partial charge on any atom is -0.198 e. The molecule has 3 heterocycles. The Morgan fingerprint density at radius 3 is 1.29 bits per heavy atom. The zero-order valence-electron chi connectivity index (χ0n) is 49.6. The standard InChI is InChI=1S/C83H74N2/c1-5-8-26-60-42-45-85-81(47-60)77-37-21-22-38-79(77)83(7-3,82(85)6-2)43-46-84-44-24-23-39-80(84)78-58-67(41-40-59(78)4)65-35-25-36-66(48-65)72-55-75(73-51-68(61-27-13-9-14-28-61)49-69(52-73)62-29-15-10-16-30-62)57-76(56-72)74-53-70(63-31-17-11-18-32-63)50-71(54-74)64-33-19-12-20-34-64/h9-25,27-42,44-45,47-58,82H,5-8,26,43,46H2,1-4H3/q+2. The lowest BCUT2D eigenvalue weighted by Gasteiger charge is -2.41. The van der Waals surface area contributed by atoms with Crippen LogP contribution in [0.1, 0.15) is 75.6 Å². The Morgan fingerprint density at radius 2 is 0.788 bits per heavy atom. The highest BCUT2D eigenvalue weighted by atomic mass is 15.0. The Bertz CT molecular complexity index is 4050. The molecule has 0 aliphatic carbocycles. The molecule has 0 saturated heterocycles. The quantitative estimate of drug-likeness (QED) is 0.0803. The monoisotopic (exact) mass is 1100 g/mol. The summed E-state index contributed by atoms with van der Waals surface area (Å²) in [7, 11) is 0. The number of rotatable bonds is 17. The highest BCUT2D eigenvalue weighted by Crippen LogP contribution is 2.49.